The fraction of sp³-hybridized carbons (Fsp3) is 0.476. The van der Waals surface area contributed by atoms with E-state index in [-0.39, 0.29) is 11.8 Å². The first-order valence-corrected chi connectivity index (χ1v) is 9.53. The van der Waals surface area contributed by atoms with E-state index in [1.165, 1.54) is 12.0 Å². The van der Waals surface area contributed by atoms with E-state index in [2.05, 4.69) is 30.1 Å². The molecule has 2 fully saturated rings. The van der Waals surface area contributed by atoms with Gasteiger partial charge in [0, 0.05) is 26.2 Å². The van der Waals surface area contributed by atoms with Gasteiger partial charge in [0.1, 0.15) is 5.76 Å². The van der Waals surface area contributed by atoms with Crippen LogP contribution in [0.2, 0.25) is 0 Å². The van der Waals surface area contributed by atoms with Crippen LogP contribution < -0.4 is 0 Å². The van der Waals surface area contributed by atoms with Gasteiger partial charge < -0.3 is 14.2 Å². The second kappa shape index (κ2) is 6.83. The number of likely N-dealkylation sites (tertiary alicyclic amines) is 2. The molecule has 2 aromatic rings. The van der Waals surface area contributed by atoms with Crippen molar-refractivity contribution >= 4 is 11.8 Å². The summed E-state index contributed by atoms with van der Waals surface area (Å²) in [5.41, 5.74) is 2.26. The highest BCUT2D eigenvalue weighted by molar-refractivity contribution is 5.94. The smallest absolute Gasteiger partial charge is 0.276 e. The molecule has 0 N–H and O–H groups in total. The van der Waals surface area contributed by atoms with Crippen molar-refractivity contribution in [2.45, 2.75) is 39.7 Å². The molecule has 1 spiro atoms. The zero-order chi connectivity index (χ0) is 19.0. The zero-order valence-electron chi connectivity index (χ0n) is 15.9. The number of piperidine rings is 1. The van der Waals surface area contributed by atoms with E-state index in [0.717, 1.165) is 31.4 Å². The number of hydrogen-bond donors (Lipinski definition) is 0. The van der Waals surface area contributed by atoms with Crippen LogP contribution in [0.15, 0.2) is 35.1 Å². The number of carbonyl (C=O) groups excluding carboxylic acids is 2. The minimum atomic E-state index is -0.449. The molecule has 6 heteroatoms. The Kier molecular flexibility index (Phi) is 4.50. The van der Waals surface area contributed by atoms with Crippen LogP contribution in [0.3, 0.4) is 0 Å². The van der Waals surface area contributed by atoms with Crippen molar-refractivity contribution in [3.8, 4) is 0 Å². The minimum Gasteiger partial charge on any atom is -0.448 e. The lowest BCUT2D eigenvalue weighted by Crippen LogP contribution is -2.50. The molecule has 2 aliphatic heterocycles. The molecule has 0 saturated carbocycles. The molecule has 1 aromatic heterocycles. The fourth-order valence-corrected chi connectivity index (χ4v) is 4.42. The first kappa shape index (κ1) is 17.8. The predicted molar refractivity (Wildman–Crippen MR) is 100 cm³/mol. The summed E-state index contributed by atoms with van der Waals surface area (Å²) in [7, 11) is 0. The van der Waals surface area contributed by atoms with Crippen LogP contribution in [0.4, 0.5) is 0 Å². The monoisotopic (exact) mass is 367 g/mol. The summed E-state index contributed by atoms with van der Waals surface area (Å²) in [6.45, 7) is 6.29. The molecule has 1 aromatic carbocycles. The van der Waals surface area contributed by atoms with Crippen molar-refractivity contribution in [1.82, 2.24) is 14.8 Å². The number of aromatic nitrogens is 1. The van der Waals surface area contributed by atoms with Crippen molar-refractivity contribution < 1.29 is 14.0 Å². The first-order chi connectivity index (χ1) is 13.0. The summed E-state index contributed by atoms with van der Waals surface area (Å²) in [6, 6.07) is 8.30. The number of nitrogens with zero attached hydrogens (tertiary/aromatic N) is 3. The Labute approximate surface area is 159 Å². The second-order valence-electron chi connectivity index (χ2n) is 7.83. The van der Waals surface area contributed by atoms with Gasteiger partial charge in [-0.3, -0.25) is 9.59 Å². The number of hydrogen-bond acceptors (Lipinski definition) is 4. The Balaban J connectivity index is 1.49. The highest BCUT2D eigenvalue weighted by Gasteiger charge is 2.49. The number of amides is 2. The largest absolute Gasteiger partial charge is 0.448 e. The summed E-state index contributed by atoms with van der Waals surface area (Å²) >= 11 is 0. The van der Waals surface area contributed by atoms with E-state index in [0.29, 0.717) is 31.1 Å². The average molecular weight is 367 g/mol. The summed E-state index contributed by atoms with van der Waals surface area (Å²) in [4.78, 5) is 33.8. The lowest BCUT2D eigenvalue weighted by molar-refractivity contribution is -0.146. The number of carbonyl (C=O) groups is 2. The third-order valence-corrected chi connectivity index (χ3v) is 5.87. The Morgan fingerprint density at radius 2 is 2.11 bits per heavy atom. The van der Waals surface area contributed by atoms with Crippen LogP contribution in [-0.4, -0.2) is 46.2 Å². The normalized spacial score (nSPS) is 22.7. The molecule has 2 amide bonds. The summed E-state index contributed by atoms with van der Waals surface area (Å²) < 4.78 is 5.16. The quantitative estimate of drug-likeness (QED) is 0.837. The molecule has 2 saturated heterocycles. The highest BCUT2D eigenvalue weighted by Crippen LogP contribution is 2.41. The van der Waals surface area contributed by atoms with Gasteiger partial charge in [0.05, 0.1) is 5.41 Å². The third-order valence-electron chi connectivity index (χ3n) is 5.87. The van der Waals surface area contributed by atoms with Gasteiger partial charge in [0.25, 0.3) is 5.91 Å². The number of oxazole rings is 1. The van der Waals surface area contributed by atoms with Crippen LogP contribution in [0, 0.1) is 19.3 Å². The van der Waals surface area contributed by atoms with E-state index >= 15 is 0 Å². The van der Waals surface area contributed by atoms with Gasteiger partial charge in [-0.1, -0.05) is 29.8 Å². The van der Waals surface area contributed by atoms with E-state index in [1.807, 2.05) is 11.0 Å². The van der Waals surface area contributed by atoms with Gasteiger partial charge in [0.2, 0.25) is 5.91 Å². The Hall–Kier alpha value is -2.63. The van der Waals surface area contributed by atoms with Gasteiger partial charge in [-0.25, -0.2) is 4.98 Å². The SMILES string of the molecule is Cc1cccc(CN2CCC[C@@]3(CCN(C(=O)c4ncoc4C)C3)C2=O)c1. The Morgan fingerprint density at radius 1 is 1.26 bits per heavy atom. The molecule has 3 heterocycles. The maximum Gasteiger partial charge on any atom is 0.276 e. The molecule has 0 aliphatic carbocycles. The van der Waals surface area contributed by atoms with Crippen LogP contribution in [0.1, 0.15) is 46.6 Å². The summed E-state index contributed by atoms with van der Waals surface area (Å²) in [6.07, 6.45) is 3.84. The average Bonchev–Trinajstić information content (AvgIpc) is 3.26. The minimum absolute atomic E-state index is 0.137. The topological polar surface area (TPSA) is 66.7 Å². The zero-order valence-corrected chi connectivity index (χ0v) is 15.9. The van der Waals surface area contributed by atoms with Crippen molar-refractivity contribution in [3.05, 3.63) is 53.2 Å². The van der Waals surface area contributed by atoms with Gasteiger partial charge in [-0.15, -0.1) is 0 Å². The van der Waals surface area contributed by atoms with Crippen molar-refractivity contribution in [3.63, 3.8) is 0 Å². The molecule has 0 unspecified atom stereocenters. The Morgan fingerprint density at radius 3 is 2.85 bits per heavy atom. The van der Waals surface area contributed by atoms with Gasteiger partial charge >= 0.3 is 0 Å². The summed E-state index contributed by atoms with van der Waals surface area (Å²) in [5, 5.41) is 0. The molecular formula is C21H25N3O3. The van der Waals surface area contributed by atoms with E-state index in [1.54, 1.807) is 11.8 Å². The van der Waals surface area contributed by atoms with E-state index < -0.39 is 5.41 Å². The standard InChI is InChI=1S/C21H25N3O3/c1-15-5-3-6-17(11-15)12-23-9-4-7-21(20(23)26)8-10-24(13-21)19(25)18-16(2)27-14-22-18/h3,5-6,11,14H,4,7-10,12-13H2,1-2H3/t21-/m0/s1. The second-order valence-corrected chi connectivity index (χ2v) is 7.83. The van der Waals surface area contributed by atoms with Crippen LogP contribution in [-0.2, 0) is 11.3 Å². The molecule has 6 nitrogen and oxygen atoms in total. The molecule has 1 atom stereocenters. The summed E-state index contributed by atoms with van der Waals surface area (Å²) in [5.74, 6) is 0.571. The highest BCUT2D eigenvalue weighted by atomic mass is 16.3. The lowest BCUT2D eigenvalue weighted by atomic mass is 9.78. The molecule has 4 rings (SSSR count). The molecular weight excluding hydrogens is 342 g/mol. The molecule has 27 heavy (non-hydrogen) atoms. The predicted octanol–water partition coefficient (Wildman–Crippen LogP) is 2.95. The number of benzene rings is 1. The maximum absolute atomic E-state index is 13.3. The number of aryl methyl sites for hydroxylation is 2. The van der Waals surface area contributed by atoms with Gasteiger partial charge in [-0.05, 0) is 38.7 Å². The van der Waals surface area contributed by atoms with Crippen LogP contribution in [0.5, 0.6) is 0 Å². The lowest BCUT2D eigenvalue weighted by Gasteiger charge is -2.39. The van der Waals surface area contributed by atoms with E-state index in [4.69, 9.17) is 4.42 Å². The maximum atomic E-state index is 13.3. The molecule has 142 valence electrons. The van der Waals surface area contributed by atoms with Crippen LogP contribution >= 0.6 is 0 Å². The third kappa shape index (κ3) is 3.24. The van der Waals surface area contributed by atoms with Gasteiger partial charge in [-0.2, -0.15) is 0 Å². The molecule has 0 bridgehead atoms. The Bertz CT molecular complexity index is 875. The van der Waals surface area contributed by atoms with Gasteiger partial charge in [0.15, 0.2) is 12.1 Å². The van der Waals surface area contributed by atoms with Crippen molar-refractivity contribution in [1.29, 1.82) is 0 Å². The van der Waals surface area contributed by atoms with Crippen molar-refractivity contribution in [2.75, 3.05) is 19.6 Å². The van der Waals surface area contributed by atoms with Crippen LogP contribution in [0.25, 0.3) is 0 Å². The van der Waals surface area contributed by atoms with E-state index in [9.17, 15) is 9.59 Å². The number of rotatable bonds is 3. The fourth-order valence-electron chi connectivity index (χ4n) is 4.42. The molecule has 0 radical (unpaired) electrons. The first-order valence-electron chi connectivity index (χ1n) is 9.53. The van der Waals surface area contributed by atoms with Crippen molar-refractivity contribution in [2.24, 2.45) is 5.41 Å². The molecule has 2 aliphatic rings.